The predicted octanol–water partition coefficient (Wildman–Crippen LogP) is 2.54. The van der Waals surface area contributed by atoms with Crippen molar-refractivity contribution in [3.05, 3.63) is 35.4 Å². The van der Waals surface area contributed by atoms with Gasteiger partial charge in [-0.15, -0.1) is 0 Å². The maximum Gasteiger partial charge on any atom is 0.230 e. The molecule has 1 aliphatic heterocycles. The van der Waals surface area contributed by atoms with Crippen molar-refractivity contribution in [2.75, 3.05) is 13.1 Å². The first-order chi connectivity index (χ1) is 9.66. The molecule has 2 atom stereocenters. The van der Waals surface area contributed by atoms with E-state index < -0.39 is 0 Å². The summed E-state index contributed by atoms with van der Waals surface area (Å²) in [4.78, 5) is 26.3. The molecule has 3 heteroatoms. The van der Waals surface area contributed by atoms with Crippen LogP contribution in [0.25, 0.3) is 0 Å². The van der Waals surface area contributed by atoms with Gasteiger partial charge < -0.3 is 4.90 Å². The van der Waals surface area contributed by atoms with Gasteiger partial charge in [-0.25, -0.2) is 0 Å². The molecule has 106 valence electrons. The Bertz CT molecular complexity index is 538. The molecule has 1 aliphatic carbocycles. The van der Waals surface area contributed by atoms with Gasteiger partial charge >= 0.3 is 0 Å². The Kier molecular flexibility index (Phi) is 3.60. The second-order valence-corrected chi connectivity index (χ2v) is 6.05. The van der Waals surface area contributed by atoms with E-state index >= 15 is 0 Å². The number of rotatable bonds is 1. The highest BCUT2D eigenvalue weighted by Crippen LogP contribution is 2.33. The first kappa shape index (κ1) is 13.3. The number of nitrogens with zero attached hydrogens (tertiary/aromatic N) is 1. The number of carbonyl (C=O) groups excluding carboxylic acids is 2. The molecule has 3 rings (SSSR count). The lowest BCUT2D eigenvalue weighted by atomic mass is 9.81. The van der Waals surface area contributed by atoms with Crippen LogP contribution < -0.4 is 0 Å². The highest BCUT2D eigenvalue weighted by atomic mass is 16.2. The van der Waals surface area contributed by atoms with Gasteiger partial charge in [-0.2, -0.15) is 0 Å². The number of aryl methyl sites for hydroxylation is 1. The number of likely N-dealkylation sites (tertiary alicyclic amines) is 1. The van der Waals surface area contributed by atoms with Crippen LogP contribution in [0, 0.1) is 5.92 Å². The van der Waals surface area contributed by atoms with Crippen LogP contribution in [0.15, 0.2) is 24.3 Å². The molecule has 1 heterocycles. The minimum absolute atomic E-state index is 0.000326. The van der Waals surface area contributed by atoms with Crippen LogP contribution in [0.1, 0.15) is 43.2 Å². The summed E-state index contributed by atoms with van der Waals surface area (Å²) in [5, 5.41) is 0. The van der Waals surface area contributed by atoms with Crippen LogP contribution in [-0.4, -0.2) is 29.7 Å². The Balaban J connectivity index is 1.80. The lowest BCUT2D eigenvalue weighted by Gasteiger charge is -2.34. The molecule has 1 saturated heterocycles. The van der Waals surface area contributed by atoms with Crippen LogP contribution in [0.4, 0.5) is 0 Å². The molecule has 1 fully saturated rings. The first-order valence-electron chi connectivity index (χ1n) is 7.56. The van der Waals surface area contributed by atoms with Crippen LogP contribution >= 0.6 is 0 Å². The number of ketones is 1. The molecule has 1 aromatic carbocycles. The monoisotopic (exact) mass is 271 g/mol. The van der Waals surface area contributed by atoms with Crippen molar-refractivity contribution in [1.29, 1.82) is 0 Å². The second-order valence-electron chi connectivity index (χ2n) is 6.05. The number of hydrogen-bond donors (Lipinski definition) is 0. The van der Waals surface area contributed by atoms with Crippen LogP contribution in [0.2, 0.25) is 0 Å². The van der Waals surface area contributed by atoms with E-state index in [2.05, 4.69) is 12.1 Å². The fourth-order valence-corrected chi connectivity index (χ4v) is 3.45. The van der Waals surface area contributed by atoms with Crippen molar-refractivity contribution in [2.45, 2.75) is 38.5 Å². The standard InChI is InChI=1S/C17H21NO2/c1-12-11-18(10-9-16(12)19)17(20)15-8-4-6-13-5-2-3-7-14(13)15/h2-3,5,7,12,15H,4,6,8-11H2,1H3. The maximum absolute atomic E-state index is 12.8. The van der Waals surface area contributed by atoms with Gasteiger partial charge in [-0.05, 0) is 30.4 Å². The number of Topliss-reactive ketones (excluding diaryl/α,β-unsaturated/α-hetero) is 1. The summed E-state index contributed by atoms with van der Waals surface area (Å²) in [6, 6.07) is 8.30. The molecule has 1 amide bonds. The summed E-state index contributed by atoms with van der Waals surface area (Å²) in [5.74, 6) is 0.501. The Morgan fingerprint density at radius 2 is 2.05 bits per heavy atom. The lowest BCUT2D eigenvalue weighted by molar-refractivity contribution is -0.138. The SMILES string of the molecule is CC1CN(C(=O)C2CCCc3ccccc32)CCC1=O. The van der Waals surface area contributed by atoms with E-state index in [9.17, 15) is 9.59 Å². The van der Waals surface area contributed by atoms with Crippen LogP contribution in [0.5, 0.6) is 0 Å². The number of fused-ring (bicyclic) bond motifs is 1. The van der Waals surface area contributed by atoms with Crippen molar-refractivity contribution in [1.82, 2.24) is 4.90 Å². The molecule has 20 heavy (non-hydrogen) atoms. The fraction of sp³-hybridized carbons (Fsp3) is 0.529. The summed E-state index contributed by atoms with van der Waals surface area (Å²) < 4.78 is 0. The van der Waals surface area contributed by atoms with E-state index in [1.165, 1.54) is 11.1 Å². The van der Waals surface area contributed by atoms with Gasteiger partial charge in [0.05, 0.1) is 5.92 Å². The van der Waals surface area contributed by atoms with Crippen LogP contribution in [-0.2, 0) is 16.0 Å². The number of piperidine rings is 1. The number of amides is 1. The van der Waals surface area contributed by atoms with Crippen molar-refractivity contribution < 1.29 is 9.59 Å². The van der Waals surface area contributed by atoms with Crippen LogP contribution in [0.3, 0.4) is 0 Å². The normalized spacial score (nSPS) is 26.2. The van der Waals surface area contributed by atoms with E-state index in [0.717, 1.165) is 19.3 Å². The quantitative estimate of drug-likeness (QED) is 0.787. The molecule has 0 radical (unpaired) electrons. The molecule has 2 unspecified atom stereocenters. The highest BCUT2D eigenvalue weighted by molar-refractivity contribution is 5.88. The summed E-state index contributed by atoms with van der Waals surface area (Å²) in [6.45, 7) is 3.12. The smallest absolute Gasteiger partial charge is 0.230 e. The van der Waals surface area contributed by atoms with Gasteiger partial charge in [0.15, 0.2) is 0 Å². The third-order valence-electron chi connectivity index (χ3n) is 4.65. The van der Waals surface area contributed by atoms with Gasteiger partial charge in [0.25, 0.3) is 0 Å². The van der Waals surface area contributed by atoms with Gasteiger partial charge in [-0.3, -0.25) is 9.59 Å². The van der Waals surface area contributed by atoms with E-state index in [-0.39, 0.29) is 23.5 Å². The zero-order valence-electron chi connectivity index (χ0n) is 12.0. The number of benzene rings is 1. The van der Waals surface area contributed by atoms with Crippen molar-refractivity contribution in [3.63, 3.8) is 0 Å². The summed E-state index contributed by atoms with van der Waals surface area (Å²) in [5.41, 5.74) is 2.52. The predicted molar refractivity (Wildman–Crippen MR) is 77.5 cm³/mol. The van der Waals surface area contributed by atoms with Crippen molar-refractivity contribution in [2.24, 2.45) is 5.92 Å². The average Bonchev–Trinajstić information content (AvgIpc) is 2.49. The molecule has 0 spiro atoms. The molecule has 0 N–H and O–H groups in total. The highest BCUT2D eigenvalue weighted by Gasteiger charge is 2.33. The topological polar surface area (TPSA) is 37.4 Å². The zero-order chi connectivity index (χ0) is 14.1. The first-order valence-corrected chi connectivity index (χ1v) is 7.56. The maximum atomic E-state index is 12.8. The van der Waals surface area contributed by atoms with Gasteiger partial charge in [-0.1, -0.05) is 31.2 Å². The Morgan fingerprint density at radius 3 is 2.85 bits per heavy atom. The molecule has 0 bridgehead atoms. The van der Waals surface area contributed by atoms with Gasteiger partial charge in [0.2, 0.25) is 5.91 Å². The van der Waals surface area contributed by atoms with E-state index in [0.29, 0.717) is 19.5 Å². The number of carbonyl (C=O) groups is 2. The molecular weight excluding hydrogens is 250 g/mol. The average molecular weight is 271 g/mol. The summed E-state index contributed by atoms with van der Waals surface area (Å²) >= 11 is 0. The minimum atomic E-state index is -0.00784. The summed E-state index contributed by atoms with van der Waals surface area (Å²) in [6.07, 6.45) is 3.61. The Hall–Kier alpha value is -1.64. The number of hydrogen-bond acceptors (Lipinski definition) is 2. The minimum Gasteiger partial charge on any atom is -0.341 e. The molecule has 0 aromatic heterocycles. The lowest BCUT2D eigenvalue weighted by Crippen LogP contribution is -2.45. The second kappa shape index (κ2) is 5.39. The van der Waals surface area contributed by atoms with Gasteiger partial charge in [0.1, 0.15) is 5.78 Å². The van der Waals surface area contributed by atoms with E-state index in [1.54, 1.807) is 0 Å². The fourth-order valence-electron chi connectivity index (χ4n) is 3.45. The van der Waals surface area contributed by atoms with E-state index in [4.69, 9.17) is 0 Å². The molecule has 1 aromatic rings. The van der Waals surface area contributed by atoms with E-state index in [1.807, 2.05) is 24.0 Å². The largest absolute Gasteiger partial charge is 0.341 e. The van der Waals surface area contributed by atoms with Crippen molar-refractivity contribution >= 4 is 11.7 Å². The molecule has 0 saturated carbocycles. The summed E-state index contributed by atoms with van der Waals surface area (Å²) in [7, 11) is 0. The zero-order valence-corrected chi connectivity index (χ0v) is 12.0. The van der Waals surface area contributed by atoms with Gasteiger partial charge in [0, 0.05) is 25.4 Å². The Labute approximate surface area is 120 Å². The molecule has 3 nitrogen and oxygen atoms in total. The van der Waals surface area contributed by atoms with Crippen molar-refractivity contribution in [3.8, 4) is 0 Å². The molecule has 2 aliphatic rings. The molecular formula is C17H21NO2. The Morgan fingerprint density at radius 1 is 1.25 bits per heavy atom. The third kappa shape index (κ3) is 2.37. The third-order valence-corrected chi connectivity index (χ3v) is 4.65.